The van der Waals surface area contributed by atoms with E-state index in [1.807, 2.05) is 18.2 Å². The third-order valence-electron chi connectivity index (χ3n) is 4.47. The molecule has 3 heteroatoms. The number of fused-ring (bicyclic) bond motifs is 5. The molecular weight excluding hydrogens is 284 g/mol. The molecule has 0 saturated heterocycles. The quantitative estimate of drug-likeness (QED) is 0.448. The van der Waals surface area contributed by atoms with Crippen LogP contribution in [0.25, 0.3) is 44.0 Å². The van der Waals surface area contributed by atoms with E-state index in [0.717, 1.165) is 38.6 Å². The number of nitrogens with zero attached hydrogens (tertiary/aromatic N) is 1. The van der Waals surface area contributed by atoms with Crippen LogP contribution in [0.3, 0.4) is 0 Å². The van der Waals surface area contributed by atoms with Gasteiger partial charge in [0.05, 0.1) is 11.0 Å². The van der Waals surface area contributed by atoms with Crippen LogP contribution in [0.2, 0.25) is 0 Å². The van der Waals surface area contributed by atoms with Gasteiger partial charge in [-0.05, 0) is 18.6 Å². The van der Waals surface area contributed by atoms with Crippen molar-refractivity contribution in [1.82, 2.24) is 10.1 Å². The van der Waals surface area contributed by atoms with E-state index in [0.29, 0.717) is 0 Å². The Balaban J connectivity index is 1.90. The molecule has 0 aliphatic carbocycles. The van der Waals surface area contributed by atoms with Crippen LogP contribution in [0.1, 0.15) is 5.56 Å². The van der Waals surface area contributed by atoms with Crippen LogP contribution in [0.5, 0.6) is 0 Å². The highest BCUT2D eigenvalue weighted by Crippen LogP contribution is 2.36. The molecule has 110 valence electrons. The van der Waals surface area contributed by atoms with Crippen molar-refractivity contribution in [3.05, 3.63) is 66.2 Å². The molecule has 5 aromatic rings. The number of benzene rings is 3. The van der Waals surface area contributed by atoms with Gasteiger partial charge in [-0.3, -0.25) is 0 Å². The molecule has 5 rings (SSSR count). The average Bonchev–Trinajstić information content (AvgIpc) is 3.17. The first-order chi connectivity index (χ1) is 11.3. The molecule has 0 bridgehead atoms. The summed E-state index contributed by atoms with van der Waals surface area (Å²) in [5.74, 6) is 0.853. The lowest BCUT2D eigenvalue weighted by Gasteiger charge is -1.96. The minimum atomic E-state index is 0.853. The van der Waals surface area contributed by atoms with Crippen molar-refractivity contribution in [2.45, 2.75) is 6.92 Å². The van der Waals surface area contributed by atoms with Gasteiger partial charge in [-0.25, -0.2) is 10.1 Å². The van der Waals surface area contributed by atoms with Crippen LogP contribution in [0, 0.1) is 6.92 Å². The summed E-state index contributed by atoms with van der Waals surface area (Å²) in [7, 11) is 0. The normalized spacial score (nSPS) is 11.7. The molecule has 23 heavy (non-hydrogen) atoms. The summed E-state index contributed by atoms with van der Waals surface area (Å²) in [6, 6.07) is 20.7. The second kappa shape index (κ2) is 4.46. The summed E-state index contributed by atoms with van der Waals surface area (Å²) in [5.41, 5.74) is 5.24. The number of nitrogens with one attached hydrogen (secondary N) is 1. The molecule has 1 N–H and O–H groups in total. The SMILES string of the molecule is Cc1cccc2c1nc1c2ccc2c(-c3ccccc3)o[nH]c21. The summed E-state index contributed by atoms with van der Waals surface area (Å²) in [6.07, 6.45) is 0. The molecule has 2 heterocycles. The van der Waals surface area contributed by atoms with Crippen LogP contribution in [-0.4, -0.2) is 10.1 Å². The number of para-hydroxylation sites is 1. The summed E-state index contributed by atoms with van der Waals surface area (Å²) < 4.78 is 5.77. The highest BCUT2D eigenvalue weighted by Gasteiger charge is 2.15. The number of hydrogen-bond acceptors (Lipinski definition) is 2. The Morgan fingerprint density at radius 3 is 2.43 bits per heavy atom. The van der Waals surface area contributed by atoms with Gasteiger partial charge in [0.15, 0.2) is 5.76 Å². The molecule has 0 aliphatic rings. The molecule has 2 aromatic heterocycles. The van der Waals surface area contributed by atoms with E-state index in [9.17, 15) is 0 Å². The molecule has 3 nitrogen and oxygen atoms in total. The second-order valence-corrected chi connectivity index (χ2v) is 5.87. The predicted octanol–water partition coefficient (Wildman–Crippen LogP) is 5.44. The van der Waals surface area contributed by atoms with Crippen molar-refractivity contribution in [3.63, 3.8) is 0 Å². The average molecular weight is 298 g/mol. The molecule has 0 unspecified atom stereocenters. The van der Waals surface area contributed by atoms with Gasteiger partial charge in [-0.1, -0.05) is 54.6 Å². The minimum absolute atomic E-state index is 0.853. The highest BCUT2D eigenvalue weighted by molar-refractivity contribution is 6.17. The number of rotatable bonds is 1. The van der Waals surface area contributed by atoms with E-state index < -0.39 is 0 Å². The molecule has 0 amide bonds. The smallest absolute Gasteiger partial charge is 0.171 e. The number of aromatic amines is 1. The maximum atomic E-state index is 5.77. The Morgan fingerprint density at radius 1 is 0.783 bits per heavy atom. The fourth-order valence-electron chi connectivity index (χ4n) is 3.31. The van der Waals surface area contributed by atoms with Crippen molar-refractivity contribution in [2.75, 3.05) is 0 Å². The highest BCUT2D eigenvalue weighted by atomic mass is 16.5. The molecule has 0 radical (unpaired) electrons. The van der Waals surface area contributed by atoms with Gasteiger partial charge in [-0.2, -0.15) is 0 Å². The van der Waals surface area contributed by atoms with Gasteiger partial charge in [0, 0.05) is 21.7 Å². The van der Waals surface area contributed by atoms with E-state index in [4.69, 9.17) is 9.51 Å². The molecule has 0 aliphatic heterocycles. The Kier molecular flexibility index (Phi) is 2.42. The van der Waals surface area contributed by atoms with Crippen molar-refractivity contribution in [1.29, 1.82) is 0 Å². The third kappa shape index (κ3) is 1.67. The first kappa shape index (κ1) is 12.5. The number of hydrogen-bond donors (Lipinski definition) is 1. The first-order valence-electron chi connectivity index (χ1n) is 7.67. The summed E-state index contributed by atoms with van der Waals surface area (Å²) >= 11 is 0. The van der Waals surface area contributed by atoms with Gasteiger partial charge in [-0.15, -0.1) is 0 Å². The minimum Gasteiger partial charge on any atom is -0.381 e. The molecule has 0 atom stereocenters. The van der Waals surface area contributed by atoms with Crippen LogP contribution in [-0.2, 0) is 0 Å². The standard InChI is InChI=1S/C20H14N2O/c1-12-6-5-9-14-15-10-11-16-19(18(15)21-17(12)14)22-23-20(16)13-7-3-2-4-8-13/h2-11,22H,1H3. The zero-order valence-corrected chi connectivity index (χ0v) is 12.6. The topological polar surface area (TPSA) is 41.8 Å². The monoisotopic (exact) mass is 298 g/mol. The third-order valence-corrected chi connectivity index (χ3v) is 4.47. The maximum Gasteiger partial charge on any atom is 0.171 e. The van der Waals surface area contributed by atoms with E-state index in [1.54, 1.807) is 0 Å². The van der Waals surface area contributed by atoms with Gasteiger partial charge in [0.25, 0.3) is 0 Å². The second-order valence-electron chi connectivity index (χ2n) is 5.87. The van der Waals surface area contributed by atoms with Crippen molar-refractivity contribution in [2.24, 2.45) is 0 Å². The van der Waals surface area contributed by atoms with E-state index in [2.05, 4.69) is 54.5 Å². The molecule has 3 aromatic carbocycles. The lowest BCUT2D eigenvalue weighted by molar-refractivity contribution is 0.441. The van der Waals surface area contributed by atoms with E-state index >= 15 is 0 Å². The van der Waals surface area contributed by atoms with E-state index in [-0.39, 0.29) is 0 Å². The lowest BCUT2D eigenvalue weighted by atomic mass is 10.1. The predicted molar refractivity (Wildman–Crippen MR) is 93.5 cm³/mol. The number of aromatic nitrogens is 2. The Labute approximate surface area is 132 Å². The fourth-order valence-corrected chi connectivity index (χ4v) is 3.31. The maximum absolute atomic E-state index is 5.77. The first-order valence-corrected chi connectivity index (χ1v) is 7.67. The van der Waals surface area contributed by atoms with Gasteiger partial charge in [0.2, 0.25) is 0 Å². The van der Waals surface area contributed by atoms with Gasteiger partial charge >= 0.3 is 0 Å². The molecule has 0 saturated carbocycles. The Bertz CT molecular complexity index is 1170. The van der Waals surface area contributed by atoms with Crippen molar-refractivity contribution >= 4 is 32.7 Å². The zero-order chi connectivity index (χ0) is 15.4. The van der Waals surface area contributed by atoms with Crippen LogP contribution >= 0.6 is 0 Å². The molecule has 0 spiro atoms. The number of aryl methyl sites for hydroxylation is 1. The van der Waals surface area contributed by atoms with Gasteiger partial charge in [0.1, 0.15) is 5.52 Å². The zero-order valence-electron chi connectivity index (χ0n) is 12.6. The summed E-state index contributed by atoms with van der Waals surface area (Å²) in [6.45, 7) is 2.10. The fraction of sp³-hybridized carbons (Fsp3) is 0.0500. The molecular formula is C20H14N2O. The van der Waals surface area contributed by atoms with Crippen LogP contribution < -0.4 is 0 Å². The van der Waals surface area contributed by atoms with Crippen molar-refractivity contribution < 1.29 is 4.52 Å². The Hall–Kier alpha value is -3.07. The molecule has 0 fully saturated rings. The van der Waals surface area contributed by atoms with Crippen molar-refractivity contribution in [3.8, 4) is 11.3 Å². The Morgan fingerprint density at radius 2 is 1.57 bits per heavy atom. The summed E-state index contributed by atoms with van der Waals surface area (Å²) in [4.78, 5) is 4.86. The van der Waals surface area contributed by atoms with E-state index in [1.165, 1.54) is 10.9 Å². The van der Waals surface area contributed by atoms with Crippen LogP contribution in [0.15, 0.2) is 65.2 Å². The summed E-state index contributed by atoms with van der Waals surface area (Å²) in [5, 5.41) is 6.48. The van der Waals surface area contributed by atoms with Gasteiger partial charge < -0.3 is 4.52 Å². The lowest BCUT2D eigenvalue weighted by Crippen LogP contribution is -1.75. The largest absolute Gasteiger partial charge is 0.381 e. The van der Waals surface area contributed by atoms with Crippen LogP contribution in [0.4, 0.5) is 0 Å². The number of H-pyrrole nitrogens is 1.